The number of hydrogen-bond acceptors (Lipinski definition) is 4. The minimum Gasteiger partial charge on any atom is -0.493 e. The first-order chi connectivity index (χ1) is 7.30. The van der Waals surface area contributed by atoms with E-state index in [0.717, 1.165) is 10.9 Å². The van der Waals surface area contributed by atoms with Crippen molar-refractivity contribution in [3.63, 3.8) is 0 Å². The van der Waals surface area contributed by atoms with Crippen molar-refractivity contribution in [2.45, 2.75) is 0 Å². The average molecular weight is 203 g/mol. The lowest BCUT2D eigenvalue weighted by molar-refractivity contribution is 0.356. The third-order valence-corrected chi connectivity index (χ3v) is 2.17. The van der Waals surface area contributed by atoms with Gasteiger partial charge in [0.25, 0.3) is 0 Å². The molecule has 0 aliphatic carbocycles. The Bertz CT molecular complexity index is 539. The van der Waals surface area contributed by atoms with Crippen LogP contribution in [0.1, 0.15) is 5.69 Å². The summed E-state index contributed by atoms with van der Waals surface area (Å²) >= 11 is 0. The summed E-state index contributed by atoms with van der Waals surface area (Å²) in [5.74, 6) is 1.20. The van der Waals surface area contributed by atoms with Gasteiger partial charge >= 0.3 is 0 Å². The maximum atomic E-state index is 8.81. The van der Waals surface area contributed by atoms with Crippen LogP contribution in [0.15, 0.2) is 12.1 Å². The van der Waals surface area contributed by atoms with E-state index in [4.69, 9.17) is 14.7 Å². The molecule has 1 aromatic carbocycles. The Balaban J connectivity index is 2.73. The Hall–Kier alpha value is -2.22. The number of fused-ring (bicyclic) bond motifs is 1. The zero-order valence-electron chi connectivity index (χ0n) is 8.37. The Kier molecular flexibility index (Phi) is 2.18. The standard InChI is InChI=1S/C10H9N3O2/c1-14-9-3-6-7(4-10(9)15-2)12-13-8(6)5-11/h3-4H,1-2H3,(H,12,13). The molecular weight excluding hydrogens is 194 g/mol. The van der Waals surface area contributed by atoms with Crippen molar-refractivity contribution in [1.29, 1.82) is 5.26 Å². The second kappa shape index (κ2) is 3.50. The van der Waals surface area contributed by atoms with Gasteiger partial charge in [0.1, 0.15) is 6.07 Å². The first-order valence-corrected chi connectivity index (χ1v) is 4.30. The molecule has 0 aliphatic rings. The van der Waals surface area contributed by atoms with Crippen molar-refractivity contribution in [2.24, 2.45) is 0 Å². The summed E-state index contributed by atoms with van der Waals surface area (Å²) in [4.78, 5) is 0. The molecule has 0 saturated carbocycles. The zero-order chi connectivity index (χ0) is 10.8. The third-order valence-electron chi connectivity index (χ3n) is 2.17. The minimum atomic E-state index is 0.353. The first kappa shape index (κ1) is 9.34. The van der Waals surface area contributed by atoms with E-state index >= 15 is 0 Å². The lowest BCUT2D eigenvalue weighted by atomic mass is 10.2. The minimum absolute atomic E-state index is 0.353. The predicted octanol–water partition coefficient (Wildman–Crippen LogP) is 1.45. The highest BCUT2D eigenvalue weighted by molar-refractivity contribution is 5.86. The molecule has 2 rings (SSSR count). The number of methoxy groups -OCH3 is 2. The van der Waals surface area contributed by atoms with Gasteiger partial charge in [-0.25, -0.2) is 0 Å². The summed E-state index contributed by atoms with van der Waals surface area (Å²) in [6, 6.07) is 5.48. The van der Waals surface area contributed by atoms with E-state index < -0.39 is 0 Å². The van der Waals surface area contributed by atoms with Crippen LogP contribution in [0.3, 0.4) is 0 Å². The fraction of sp³-hybridized carbons (Fsp3) is 0.200. The summed E-state index contributed by atoms with van der Waals surface area (Å²) < 4.78 is 10.3. The van der Waals surface area contributed by atoms with Crippen molar-refractivity contribution in [2.75, 3.05) is 14.2 Å². The molecule has 0 amide bonds. The molecule has 0 radical (unpaired) electrons. The predicted molar refractivity (Wildman–Crippen MR) is 53.9 cm³/mol. The lowest BCUT2D eigenvalue weighted by Gasteiger charge is -2.06. The van der Waals surface area contributed by atoms with Crippen molar-refractivity contribution in [3.8, 4) is 17.6 Å². The topological polar surface area (TPSA) is 70.9 Å². The SMILES string of the molecule is COc1cc2[nH]nc(C#N)c2cc1OC. The molecule has 0 atom stereocenters. The summed E-state index contributed by atoms with van der Waals surface area (Å²) in [6.45, 7) is 0. The Morgan fingerprint density at radius 3 is 2.53 bits per heavy atom. The largest absolute Gasteiger partial charge is 0.493 e. The molecule has 5 heteroatoms. The molecule has 0 aliphatic heterocycles. The highest BCUT2D eigenvalue weighted by Gasteiger charge is 2.10. The lowest BCUT2D eigenvalue weighted by Crippen LogP contribution is -1.90. The number of H-pyrrole nitrogens is 1. The average Bonchev–Trinajstić information content (AvgIpc) is 2.68. The molecule has 5 nitrogen and oxygen atoms in total. The number of hydrogen-bond donors (Lipinski definition) is 1. The molecule has 0 spiro atoms. The first-order valence-electron chi connectivity index (χ1n) is 4.30. The van der Waals surface area contributed by atoms with Crippen molar-refractivity contribution in [3.05, 3.63) is 17.8 Å². The fourth-order valence-electron chi connectivity index (χ4n) is 1.43. The van der Waals surface area contributed by atoms with Gasteiger partial charge in [0.05, 0.1) is 19.7 Å². The maximum Gasteiger partial charge on any atom is 0.170 e. The van der Waals surface area contributed by atoms with Gasteiger partial charge in [0.15, 0.2) is 17.2 Å². The number of aromatic nitrogens is 2. The number of nitrogens with zero attached hydrogens (tertiary/aromatic N) is 2. The number of aromatic amines is 1. The van der Waals surface area contributed by atoms with Crippen LogP contribution >= 0.6 is 0 Å². The van der Waals surface area contributed by atoms with Crippen molar-refractivity contribution in [1.82, 2.24) is 10.2 Å². The van der Waals surface area contributed by atoms with Gasteiger partial charge in [0.2, 0.25) is 0 Å². The van der Waals surface area contributed by atoms with Gasteiger partial charge in [-0.2, -0.15) is 10.4 Å². The number of ether oxygens (including phenoxy) is 2. The van der Waals surface area contributed by atoms with Gasteiger partial charge in [0, 0.05) is 11.5 Å². The van der Waals surface area contributed by atoms with Gasteiger partial charge < -0.3 is 9.47 Å². The molecular formula is C10H9N3O2. The van der Waals surface area contributed by atoms with E-state index in [2.05, 4.69) is 10.2 Å². The molecule has 0 unspecified atom stereocenters. The number of benzene rings is 1. The van der Waals surface area contributed by atoms with Gasteiger partial charge in [-0.05, 0) is 6.07 Å². The van der Waals surface area contributed by atoms with Crippen LogP contribution in [0.4, 0.5) is 0 Å². The molecule has 0 bridgehead atoms. The molecule has 2 aromatic rings. The Morgan fingerprint density at radius 1 is 1.27 bits per heavy atom. The van der Waals surface area contributed by atoms with Crippen LogP contribution in [0.2, 0.25) is 0 Å². The Labute approximate surface area is 86.2 Å². The molecule has 1 aromatic heterocycles. The monoisotopic (exact) mass is 203 g/mol. The summed E-state index contributed by atoms with van der Waals surface area (Å²) in [7, 11) is 3.11. The van der Waals surface area contributed by atoms with E-state index in [1.54, 1.807) is 26.4 Å². The number of nitrogens with one attached hydrogen (secondary N) is 1. The van der Waals surface area contributed by atoms with E-state index in [9.17, 15) is 0 Å². The maximum absolute atomic E-state index is 8.81. The van der Waals surface area contributed by atoms with Crippen LogP contribution < -0.4 is 9.47 Å². The summed E-state index contributed by atoms with van der Waals surface area (Å²) in [5.41, 5.74) is 1.11. The highest BCUT2D eigenvalue weighted by Crippen LogP contribution is 2.32. The van der Waals surface area contributed by atoms with Crippen LogP contribution in [0, 0.1) is 11.3 Å². The van der Waals surface area contributed by atoms with Crippen LogP contribution in [-0.4, -0.2) is 24.4 Å². The molecule has 15 heavy (non-hydrogen) atoms. The summed E-state index contributed by atoms with van der Waals surface area (Å²) in [6.07, 6.45) is 0. The Morgan fingerprint density at radius 2 is 1.93 bits per heavy atom. The smallest absolute Gasteiger partial charge is 0.170 e. The number of nitriles is 1. The van der Waals surface area contributed by atoms with Gasteiger partial charge in [-0.1, -0.05) is 0 Å². The van der Waals surface area contributed by atoms with Crippen LogP contribution in [0.5, 0.6) is 11.5 Å². The van der Waals surface area contributed by atoms with Gasteiger partial charge in [-0.3, -0.25) is 5.10 Å². The molecule has 0 fully saturated rings. The van der Waals surface area contributed by atoms with E-state index in [0.29, 0.717) is 17.2 Å². The second-order valence-electron chi connectivity index (χ2n) is 2.94. The second-order valence-corrected chi connectivity index (χ2v) is 2.94. The van der Waals surface area contributed by atoms with Crippen molar-refractivity contribution < 1.29 is 9.47 Å². The molecule has 1 heterocycles. The normalized spacial score (nSPS) is 9.93. The fourth-order valence-corrected chi connectivity index (χ4v) is 1.43. The van der Waals surface area contributed by atoms with E-state index in [-0.39, 0.29) is 0 Å². The highest BCUT2D eigenvalue weighted by atomic mass is 16.5. The molecule has 1 N–H and O–H groups in total. The quantitative estimate of drug-likeness (QED) is 0.801. The third kappa shape index (κ3) is 1.36. The zero-order valence-corrected chi connectivity index (χ0v) is 8.37. The van der Waals surface area contributed by atoms with Gasteiger partial charge in [-0.15, -0.1) is 0 Å². The number of rotatable bonds is 2. The van der Waals surface area contributed by atoms with Crippen LogP contribution in [0.25, 0.3) is 10.9 Å². The van der Waals surface area contributed by atoms with E-state index in [1.807, 2.05) is 6.07 Å². The van der Waals surface area contributed by atoms with Crippen LogP contribution in [-0.2, 0) is 0 Å². The summed E-state index contributed by atoms with van der Waals surface area (Å²) in [5, 5.41) is 16.2. The molecule has 0 saturated heterocycles. The molecule has 76 valence electrons. The van der Waals surface area contributed by atoms with E-state index in [1.165, 1.54) is 0 Å². The van der Waals surface area contributed by atoms with Crippen molar-refractivity contribution >= 4 is 10.9 Å².